The lowest BCUT2D eigenvalue weighted by atomic mass is 10.1. The quantitative estimate of drug-likeness (QED) is 0.558. The predicted octanol–water partition coefficient (Wildman–Crippen LogP) is 1.10. The van der Waals surface area contributed by atoms with E-state index in [0.717, 1.165) is 17.7 Å². The van der Waals surface area contributed by atoms with E-state index in [1.54, 1.807) is 0 Å². The van der Waals surface area contributed by atoms with Gasteiger partial charge in [-0.05, 0) is 18.1 Å². The van der Waals surface area contributed by atoms with Crippen molar-refractivity contribution in [1.29, 1.82) is 0 Å². The summed E-state index contributed by atoms with van der Waals surface area (Å²) in [6.45, 7) is 2.69. The van der Waals surface area contributed by atoms with Gasteiger partial charge in [-0.2, -0.15) is 0 Å². The highest BCUT2D eigenvalue weighted by atomic mass is 35.5. The van der Waals surface area contributed by atoms with Gasteiger partial charge in [0.15, 0.2) is 6.61 Å². The van der Waals surface area contributed by atoms with E-state index in [0.29, 0.717) is 13.1 Å². The molecule has 110 valence electrons. The number of hydrogen-bond acceptors (Lipinski definition) is 3. The molecule has 0 bridgehead atoms. The van der Waals surface area contributed by atoms with Crippen molar-refractivity contribution in [2.24, 2.45) is 0 Å². The smallest absolute Gasteiger partial charge is 0.258 e. The van der Waals surface area contributed by atoms with Crippen molar-refractivity contribution in [3.8, 4) is 5.75 Å². The van der Waals surface area contributed by atoms with Gasteiger partial charge in [0.1, 0.15) is 11.6 Å². The number of benzene rings is 1. The Morgan fingerprint density at radius 3 is 2.45 bits per heavy atom. The molecule has 20 heavy (non-hydrogen) atoms. The maximum Gasteiger partial charge on any atom is 0.258 e. The van der Waals surface area contributed by atoms with E-state index in [1.807, 2.05) is 31.2 Å². The predicted molar refractivity (Wildman–Crippen MR) is 78.1 cm³/mol. The van der Waals surface area contributed by atoms with Crippen molar-refractivity contribution in [3.63, 3.8) is 0 Å². The summed E-state index contributed by atoms with van der Waals surface area (Å²) < 4.78 is 5.47. The molecule has 0 fully saturated rings. The summed E-state index contributed by atoms with van der Waals surface area (Å²) >= 11 is 5.32. The Hall–Kier alpha value is -1.75. The van der Waals surface area contributed by atoms with Crippen LogP contribution in [0.5, 0.6) is 5.75 Å². The standard InChI is InChI=1S/C14H19ClN2O3/c1-2-11-5-3-4-6-12(11)20-10-14(19)17-8-7-16-13(18)9-15/h3-6H,2,7-10H2,1H3,(H,16,18)(H,17,19). The summed E-state index contributed by atoms with van der Waals surface area (Å²) in [6.07, 6.45) is 0.849. The van der Waals surface area contributed by atoms with Crippen LogP contribution in [0.1, 0.15) is 12.5 Å². The maximum absolute atomic E-state index is 11.6. The molecule has 6 heteroatoms. The first kappa shape index (κ1) is 16.3. The van der Waals surface area contributed by atoms with Crippen LogP contribution in [0.3, 0.4) is 0 Å². The van der Waals surface area contributed by atoms with Gasteiger partial charge in [-0.1, -0.05) is 25.1 Å². The molecule has 0 saturated carbocycles. The highest BCUT2D eigenvalue weighted by molar-refractivity contribution is 6.27. The third-order valence-corrected chi connectivity index (χ3v) is 2.85. The Kier molecular flexibility index (Phi) is 7.50. The Labute approximate surface area is 123 Å². The second kappa shape index (κ2) is 9.20. The Balaban J connectivity index is 2.24. The molecule has 2 amide bonds. The first-order valence-electron chi connectivity index (χ1n) is 6.47. The number of ether oxygens (including phenoxy) is 1. The number of halogens is 1. The number of aryl methyl sites for hydroxylation is 1. The molecule has 0 radical (unpaired) electrons. The fraction of sp³-hybridized carbons (Fsp3) is 0.429. The van der Waals surface area contributed by atoms with Gasteiger partial charge in [-0.3, -0.25) is 9.59 Å². The van der Waals surface area contributed by atoms with Crippen LogP contribution in [0.2, 0.25) is 0 Å². The number of nitrogens with one attached hydrogen (secondary N) is 2. The molecule has 0 atom stereocenters. The van der Waals surface area contributed by atoms with Crippen LogP contribution in [0.25, 0.3) is 0 Å². The van der Waals surface area contributed by atoms with Crippen LogP contribution < -0.4 is 15.4 Å². The van der Waals surface area contributed by atoms with Gasteiger partial charge in [0.2, 0.25) is 5.91 Å². The van der Waals surface area contributed by atoms with E-state index in [-0.39, 0.29) is 24.3 Å². The number of carbonyl (C=O) groups excluding carboxylic acids is 2. The first-order chi connectivity index (χ1) is 9.67. The van der Waals surface area contributed by atoms with Gasteiger partial charge in [0.05, 0.1) is 0 Å². The summed E-state index contributed by atoms with van der Waals surface area (Å²) in [7, 11) is 0. The number of amides is 2. The summed E-state index contributed by atoms with van der Waals surface area (Å²) in [5, 5.41) is 5.20. The van der Waals surface area contributed by atoms with Crippen LogP contribution in [0.4, 0.5) is 0 Å². The molecule has 0 aliphatic carbocycles. The van der Waals surface area contributed by atoms with Gasteiger partial charge in [0.25, 0.3) is 5.91 Å². The van der Waals surface area contributed by atoms with Crippen molar-refractivity contribution in [2.45, 2.75) is 13.3 Å². The van der Waals surface area contributed by atoms with Crippen LogP contribution >= 0.6 is 11.6 Å². The molecule has 0 aliphatic rings. The molecular weight excluding hydrogens is 280 g/mol. The molecule has 0 saturated heterocycles. The lowest BCUT2D eigenvalue weighted by Crippen LogP contribution is -2.37. The molecule has 0 aliphatic heterocycles. The monoisotopic (exact) mass is 298 g/mol. The molecule has 0 spiro atoms. The van der Waals surface area contributed by atoms with Gasteiger partial charge < -0.3 is 15.4 Å². The minimum Gasteiger partial charge on any atom is -0.483 e. The molecule has 1 aromatic rings. The molecule has 0 unspecified atom stereocenters. The SMILES string of the molecule is CCc1ccccc1OCC(=O)NCCNC(=O)CCl. The molecule has 5 nitrogen and oxygen atoms in total. The number of carbonyl (C=O) groups is 2. The van der Waals surface area contributed by atoms with Crippen molar-refractivity contribution < 1.29 is 14.3 Å². The zero-order chi connectivity index (χ0) is 14.8. The van der Waals surface area contributed by atoms with Gasteiger partial charge in [0, 0.05) is 13.1 Å². The van der Waals surface area contributed by atoms with Crippen LogP contribution in [0, 0.1) is 0 Å². The van der Waals surface area contributed by atoms with E-state index >= 15 is 0 Å². The van der Waals surface area contributed by atoms with E-state index in [4.69, 9.17) is 16.3 Å². The largest absolute Gasteiger partial charge is 0.483 e. The van der Waals surface area contributed by atoms with E-state index in [2.05, 4.69) is 10.6 Å². The highest BCUT2D eigenvalue weighted by Crippen LogP contribution is 2.17. The summed E-state index contributed by atoms with van der Waals surface area (Å²) in [5.74, 6) is 0.163. The fourth-order valence-electron chi connectivity index (χ4n) is 1.58. The number of para-hydroxylation sites is 1. The van der Waals surface area contributed by atoms with Gasteiger partial charge in [-0.25, -0.2) is 0 Å². The summed E-state index contributed by atoms with van der Waals surface area (Å²) in [5.41, 5.74) is 1.06. The molecule has 1 aromatic carbocycles. The topological polar surface area (TPSA) is 67.4 Å². The van der Waals surface area contributed by atoms with Crippen molar-refractivity contribution in [2.75, 3.05) is 25.6 Å². The van der Waals surface area contributed by atoms with Gasteiger partial charge >= 0.3 is 0 Å². The minimum absolute atomic E-state index is 0.0412. The molecule has 1 rings (SSSR count). The summed E-state index contributed by atoms with van der Waals surface area (Å²) in [4.78, 5) is 22.4. The Morgan fingerprint density at radius 2 is 1.80 bits per heavy atom. The Morgan fingerprint density at radius 1 is 1.15 bits per heavy atom. The van der Waals surface area contributed by atoms with Crippen LogP contribution in [0.15, 0.2) is 24.3 Å². The minimum atomic E-state index is -0.256. The number of hydrogen-bond donors (Lipinski definition) is 2. The zero-order valence-corrected chi connectivity index (χ0v) is 12.2. The average molecular weight is 299 g/mol. The fourth-order valence-corrected chi connectivity index (χ4v) is 1.68. The molecule has 0 heterocycles. The third-order valence-electron chi connectivity index (χ3n) is 2.60. The van der Waals surface area contributed by atoms with Crippen molar-refractivity contribution >= 4 is 23.4 Å². The summed E-state index contributed by atoms with van der Waals surface area (Å²) in [6, 6.07) is 7.61. The molecular formula is C14H19ClN2O3. The van der Waals surface area contributed by atoms with Gasteiger partial charge in [-0.15, -0.1) is 11.6 Å². The normalized spacial score (nSPS) is 9.90. The van der Waals surface area contributed by atoms with Crippen molar-refractivity contribution in [1.82, 2.24) is 10.6 Å². The number of rotatable bonds is 8. The first-order valence-corrected chi connectivity index (χ1v) is 7.01. The zero-order valence-electron chi connectivity index (χ0n) is 11.4. The average Bonchev–Trinajstić information content (AvgIpc) is 2.49. The van der Waals surface area contributed by atoms with Crippen LogP contribution in [-0.4, -0.2) is 37.4 Å². The molecule has 2 N–H and O–H groups in total. The van der Waals surface area contributed by atoms with E-state index in [1.165, 1.54) is 0 Å². The van der Waals surface area contributed by atoms with E-state index < -0.39 is 0 Å². The van der Waals surface area contributed by atoms with E-state index in [9.17, 15) is 9.59 Å². The second-order valence-corrected chi connectivity index (χ2v) is 4.35. The van der Waals surface area contributed by atoms with Crippen molar-refractivity contribution in [3.05, 3.63) is 29.8 Å². The third kappa shape index (κ3) is 5.93. The maximum atomic E-state index is 11.6. The Bertz CT molecular complexity index is 452. The second-order valence-electron chi connectivity index (χ2n) is 4.08. The number of alkyl halides is 1. The molecule has 0 aromatic heterocycles. The van der Waals surface area contributed by atoms with Crippen LogP contribution in [-0.2, 0) is 16.0 Å². The lowest BCUT2D eigenvalue weighted by Gasteiger charge is -2.10. The lowest BCUT2D eigenvalue weighted by molar-refractivity contribution is -0.123. The highest BCUT2D eigenvalue weighted by Gasteiger charge is 2.05.